The zero-order valence-corrected chi connectivity index (χ0v) is 10.8. The van der Waals surface area contributed by atoms with Crippen LogP contribution in [0.25, 0.3) is 22.2 Å². The van der Waals surface area contributed by atoms with Gasteiger partial charge in [-0.25, -0.2) is 8.78 Å². The average Bonchev–Trinajstić information content (AvgIpc) is 3.03. The third-order valence-corrected chi connectivity index (χ3v) is 3.59. The van der Waals surface area contributed by atoms with Crippen LogP contribution in [0.5, 0.6) is 0 Å². The second-order valence-corrected chi connectivity index (χ2v) is 5.00. The summed E-state index contributed by atoms with van der Waals surface area (Å²) in [5.41, 5.74) is 0.163. The van der Waals surface area contributed by atoms with E-state index in [9.17, 15) is 8.78 Å². The summed E-state index contributed by atoms with van der Waals surface area (Å²) in [4.78, 5) is 4.93. The molecule has 0 unspecified atom stereocenters. The summed E-state index contributed by atoms with van der Waals surface area (Å²) in [6.45, 7) is 0. The van der Waals surface area contributed by atoms with E-state index < -0.39 is 11.6 Å². The van der Waals surface area contributed by atoms with E-state index >= 15 is 0 Å². The molecule has 0 saturated carbocycles. The van der Waals surface area contributed by atoms with Gasteiger partial charge in [-0.15, -0.1) is 11.3 Å². The van der Waals surface area contributed by atoms with E-state index in [1.807, 2.05) is 17.5 Å². The molecule has 0 bridgehead atoms. The molecule has 0 saturated heterocycles. The van der Waals surface area contributed by atoms with Crippen LogP contribution < -0.4 is 0 Å². The number of nitrogens with zero attached hydrogens (tertiary/aromatic N) is 2. The van der Waals surface area contributed by atoms with Gasteiger partial charge in [0.05, 0.1) is 15.5 Å². The van der Waals surface area contributed by atoms with E-state index in [4.69, 9.17) is 16.1 Å². The highest BCUT2D eigenvalue weighted by Gasteiger charge is 2.17. The predicted octanol–water partition coefficient (Wildman–Crippen LogP) is 4.40. The molecule has 0 aliphatic carbocycles. The van der Waals surface area contributed by atoms with E-state index in [2.05, 4.69) is 10.1 Å². The van der Waals surface area contributed by atoms with Crippen molar-refractivity contribution in [2.75, 3.05) is 0 Å². The maximum Gasteiger partial charge on any atom is 0.259 e. The van der Waals surface area contributed by atoms with Crippen LogP contribution in [0.1, 0.15) is 0 Å². The number of aromatic nitrogens is 2. The molecule has 1 aromatic carbocycles. The first kappa shape index (κ1) is 12.3. The summed E-state index contributed by atoms with van der Waals surface area (Å²) in [7, 11) is 0. The molecule has 0 amide bonds. The van der Waals surface area contributed by atoms with Crippen LogP contribution in [0.15, 0.2) is 34.2 Å². The van der Waals surface area contributed by atoms with Crippen LogP contribution in [-0.2, 0) is 0 Å². The molecule has 3 aromatic rings. The molecule has 3 nitrogen and oxygen atoms in total. The standard InChI is InChI=1S/C12H5ClF2N2OS/c13-7-5-9(15)8(14)4-6(7)12-16-11(17-18-12)10-2-1-3-19-10/h1-5H. The topological polar surface area (TPSA) is 38.9 Å². The van der Waals surface area contributed by atoms with E-state index in [1.54, 1.807) is 0 Å². The highest BCUT2D eigenvalue weighted by Crippen LogP contribution is 2.31. The van der Waals surface area contributed by atoms with Crippen LogP contribution in [0.2, 0.25) is 5.02 Å². The van der Waals surface area contributed by atoms with Crippen molar-refractivity contribution >= 4 is 22.9 Å². The summed E-state index contributed by atoms with van der Waals surface area (Å²) in [6, 6.07) is 5.48. The molecule has 96 valence electrons. The Bertz CT molecular complexity index is 727. The summed E-state index contributed by atoms with van der Waals surface area (Å²) in [5, 5.41) is 5.66. The molecule has 7 heteroatoms. The molecule has 3 rings (SSSR count). The fraction of sp³-hybridized carbons (Fsp3) is 0. The van der Waals surface area contributed by atoms with Crippen molar-refractivity contribution in [2.24, 2.45) is 0 Å². The summed E-state index contributed by atoms with van der Waals surface area (Å²) >= 11 is 7.28. The molecule has 2 heterocycles. The fourth-order valence-electron chi connectivity index (χ4n) is 1.53. The Morgan fingerprint density at radius 3 is 2.74 bits per heavy atom. The highest BCUT2D eigenvalue weighted by molar-refractivity contribution is 7.13. The molecule has 0 aliphatic heterocycles. The molecule has 0 aliphatic rings. The van der Waals surface area contributed by atoms with Gasteiger partial charge in [-0.05, 0) is 23.6 Å². The van der Waals surface area contributed by atoms with Crippen LogP contribution in [-0.4, -0.2) is 10.1 Å². The lowest BCUT2D eigenvalue weighted by Crippen LogP contribution is -1.87. The molecule has 0 N–H and O–H groups in total. The van der Waals surface area contributed by atoms with E-state index in [-0.39, 0.29) is 16.5 Å². The Labute approximate surface area is 115 Å². The molecular weight excluding hydrogens is 294 g/mol. The van der Waals surface area contributed by atoms with Crippen LogP contribution >= 0.6 is 22.9 Å². The smallest absolute Gasteiger partial charge is 0.259 e. The van der Waals surface area contributed by atoms with E-state index in [1.165, 1.54) is 11.3 Å². The number of thiophene rings is 1. The van der Waals surface area contributed by atoms with Gasteiger partial charge in [0.1, 0.15) is 0 Å². The first-order chi connectivity index (χ1) is 9.15. The first-order valence-electron chi connectivity index (χ1n) is 5.17. The molecule has 0 fully saturated rings. The maximum absolute atomic E-state index is 13.2. The van der Waals surface area contributed by atoms with Crippen molar-refractivity contribution in [3.05, 3.63) is 46.3 Å². The number of hydrogen-bond donors (Lipinski definition) is 0. The lowest BCUT2D eigenvalue weighted by molar-refractivity contribution is 0.431. The summed E-state index contributed by atoms with van der Waals surface area (Å²) in [5.74, 6) is -1.61. The number of hydrogen-bond acceptors (Lipinski definition) is 4. The first-order valence-corrected chi connectivity index (χ1v) is 6.43. The highest BCUT2D eigenvalue weighted by atomic mass is 35.5. The lowest BCUT2D eigenvalue weighted by atomic mass is 10.2. The Hall–Kier alpha value is -1.79. The van der Waals surface area contributed by atoms with Gasteiger partial charge in [-0.1, -0.05) is 22.8 Å². The molecular formula is C12H5ClF2N2OS. The van der Waals surface area contributed by atoms with Gasteiger partial charge in [-0.3, -0.25) is 0 Å². The SMILES string of the molecule is Fc1cc(Cl)c(-c2nc(-c3cccs3)no2)cc1F. The number of rotatable bonds is 2. The van der Waals surface area contributed by atoms with Crippen LogP contribution in [0.3, 0.4) is 0 Å². The van der Waals surface area contributed by atoms with Crippen LogP contribution in [0, 0.1) is 11.6 Å². The van der Waals surface area contributed by atoms with Gasteiger partial charge >= 0.3 is 0 Å². The summed E-state index contributed by atoms with van der Waals surface area (Å²) in [6.07, 6.45) is 0. The second-order valence-electron chi connectivity index (χ2n) is 3.65. The van der Waals surface area contributed by atoms with Gasteiger partial charge in [0.25, 0.3) is 5.89 Å². The van der Waals surface area contributed by atoms with E-state index in [0.29, 0.717) is 5.82 Å². The van der Waals surface area contributed by atoms with Gasteiger partial charge in [-0.2, -0.15) is 4.98 Å². The van der Waals surface area contributed by atoms with Crippen molar-refractivity contribution in [1.29, 1.82) is 0 Å². The molecule has 0 spiro atoms. The van der Waals surface area contributed by atoms with Crippen molar-refractivity contribution < 1.29 is 13.3 Å². The van der Waals surface area contributed by atoms with Crippen molar-refractivity contribution in [2.45, 2.75) is 0 Å². The largest absolute Gasteiger partial charge is 0.334 e. The average molecular weight is 299 g/mol. The second kappa shape index (κ2) is 4.71. The van der Waals surface area contributed by atoms with Crippen molar-refractivity contribution in [1.82, 2.24) is 10.1 Å². The van der Waals surface area contributed by atoms with Gasteiger partial charge < -0.3 is 4.52 Å². The minimum absolute atomic E-state index is 0.0141. The van der Waals surface area contributed by atoms with E-state index in [0.717, 1.165) is 17.0 Å². The number of benzene rings is 1. The van der Waals surface area contributed by atoms with Gasteiger partial charge in [0.15, 0.2) is 11.6 Å². The monoisotopic (exact) mass is 298 g/mol. The molecule has 0 atom stereocenters. The third-order valence-electron chi connectivity index (χ3n) is 2.41. The normalized spacial score (nSPS) is 10.9. The Kier molecular flexibility index (Phi) is 3.04. The van der Waals surface area contributed by atoms with Crippen LogP contribution in [0.4, 0.5) is 8.78 Å². The molecule has 0 radical (unpaired) electrons. The summed E-state index contributed by atoms with van der Waals surface area (Å²) < 4.78 is 31.2. The third kappa shape index (κ3) is 2.24. The fourth-order valence-corrected chi connectivity index (χ4v) is 2.41. The Balaban J connectivity index is 2.06. The quantitative estimate of drug-likeness (QED) is 0.658. The van der Waals surface area contributed by atoms with Gasteiger partial charge in [0, 0.05) is 0 Å². The van der Waals surface area contributed by atoms with Gasteiger partial charge in [0.2, 0.25) is 5.82 Å². The zero-order valence-electron chi connectivity index (χ0n) is 9.23. The lowest BCUT2D eigenvalue weighted by Gasteiger charge is -1.99. The minimum Gasteiger partial charge on any atom is -0.334 e. The maximum atomic E-state index is 13.2. The Morgan fingerprint density at radius 1 is 1.21 bits per heavy atom. The predicted molar refractivity (Wildman–Crippen MR) is 68.0 cm³/mol. The minimum atomic E-state index is -1.02. The molecule has 19 heavy (non-hydrogen) atoms. The molecule has 2 aromatic heterocycles. The zero-order chi connectivity index (χ0) is 13.4. The number of halogens is 3. The van der Waals surface area contributed by atoms with Crippen molar-refractivity contribution in [3.63, 3.8) is 0 Å². The Morgan fingerprint density at radius 2 is 2.00 bits per heavy atom. The van der Waals surface area contributed by atoms with Crippen molar-refractivity contribution in [3.8, 4) is 22.2 Å².